The highest BCUT2D eigenvalue weighted by Crippen LogP contribution is 2.33. The number of hydrogen-bond donors (Lipinski definition) is 2. The molecule has 0 amide bonds. The van der Waals surface area contributed by atoms with E-state index >= 15 is 0 Å². The van der Waals surface area contributed by atoms with E-state index in [1.165, 1.54) is 0 Å². The molecule has 1 aliphatic heterocycles. The van der Waals surface area contributed by atoms with Crippen molar-refractivity contribution in [2.45, 2.75) is 57.7 Å². The Morgan fingerprint density at radius 3 is 2.43 bits per heavy atom. The smallest absolute Gasteiger partial charge is 0.0610 e. The Labute approximate surface area is 86.7 Å². The fraction of sp³-hybridized carbons (Fsp3) is 1.00. The summed E-state index contributed by atoms with van der Waals surface area (Å²) in [7, 11) is 0. The summed E-state index contributed by atoms with van der Waals surface area (Å²) in [5.41, 5.74) is -0.215. The van der Waals surface area contributed by atoms with Crippen LogP contribution in [0.25, 0.3) is 0 Å². The van der Waals surface area contributed by atoms with E-state index < -0.39 is 0 Å². The van der Waals surface area contributed by atoms with E-state index in [2.05, 4.69) is 18.7 Å². The molecule has 1 saturated heterocycles. The largest absolute Gasteiger partial charge is 0.394 e. The van der Waals surface area contributed by atoms with Gasteiger partial charge in [0.2, 0.25) is 0 Å². The van der Waals surface area contributed by atoms with Crippen molar-refractivity contribution in [3.8, 4) is 0 Å². The Balaban J connectivity index is 2.79. The van der Waals surface area contributed by atoms with Crippen LogP contribution in [0.1, 0.15) is 40.5 Å². The van der Waals surface area contributed by atoms with Gasteiger partial charge in [-0.25, -0.2) is 0 Å². The van der Waals surface area contributed by atoms with Gasteiger partial charge in [-0.1, -0.05) is 0 Å². The van der Waals surface area contributed by atoms with Crippen molar-refractivity contribution in [1.82, 2.24) is 4.90 Å². The number of nitrogens with zero attached hydrogens (tertiary/aromatic N) is 1. The van der Waals surface area contributed by atoms with Crippen molar-refractivity contribution < 1.29 is 10.2 Å². The predicted octanol–water partition coefficient (Wildman–Crippen LogP) is 0.993. The quantitative estimate of drug-likeness (QED) is 0.700. The highest BCUT2D eigenvalue weighted by molar-refractivity contribution is 4.96. The van der Waals surface area contributed by atoms with Crippen molar-refractivity contribution in [2.24, 2.45) is 0 Å². The number of hydrogen-bond acceptors (Lipinski definition) is 3. The highest BCUT2D eigenvalue weighted by atomic mass is 16.3. The lowest BCUT2D eigenvalue weighted by Gasteiger charge is -2.52. The second-order valence-corrected chi connectivity index (χ2v) is 5.58. The Kier molecular flexibility index (Phi) is 3.24. The van der Waals surface area contributed by atoms with Gasteiger partial charge in [0.25, 0.3) is 0 Å². The van der Waals surface area contributed by atoms with Crippen molar-refractivity contribution >= 4 is 0 Å². The van der Waals surface area contributed by atoms with Crippen molar-refractivity contribution in [2.75, 3.05) is 13.2 Å². The van der Waals surface area contributed by atoms with E-state index in [0.29, 0.717) is 0 Å². The monoisotopic (exact) mass is 201 g/mol. The molecular weight excluding hydrogens is 178 g/mol. The van der Waals surface area contributed by atoms with E-state index in [0.717, 1.165) is 19.4 Å². The van der Waals surface area contributed by atoms with E-state index in [1.54, 1.807) is 0 Å². The number of aliphatic hydroxyl groups excluding tert-OH is 2. The Bertz CT molecular complexity index is 201. The lowest BCUT2D eigenvalue weighted by atomic mass is 9.84. The molecule has 0 aromatic heterocycles. The average Bonchev–Trinajstić information content (AvgIpc) is 2.01. The van der Waals surface area contributed by atoms with Crippen LogP contribution in [-0.2, 0) is 0 Å². The van der Waals surface area contributed by atoms with Crippen LogP contribution >= 0.6 is 0 Å². The van der Waals surface area contributed by atoms with Crippen LogP contribution in [0.4, 0.5) is 0 Å². The van der Waals surface area contributed by atoms with Crippen molar-refractivity contribution in [1.29, 1.82) is 0 Å². The molecule has 1 atom stereocenters. The lowest BCUT2D eigenvalue weighted by Crippen LogP contribution is -2.61. The maximum Gasteiger partial charge on any atom is 0.0610 e. The molecule has 0 aromatic rings. The third-order valence-electron chi connectivity index (χ3n) is 3.27. The van der Waals surface area contributed by atoms with E-state index in [4.69, 9.17) is 0 Å². The molecule has 2 N–H and O–H groups in total. The molecule has 3 nitrogen and oxygen atoms in total. The first-order chi connectivity index (χ1) is 6.29. The second kappa shape index (κ2) is 3.80. The molecule has 0 aromatic carbocycles. The Morgan fingerprint density at radius 2 is 2.00 bits per heavy atom. The molecule has 1 unspecified atom stereocenters. The first-order valence-electron chi connectivity index (χ1n) is 5.36. The molecule has 14 heavy (non-hydrogen) atoms. The van der Waals surface area contributed by atoms with Gasteiger partial charge < -0.3 is 10.2 Å². The summed E-state index contributed by atoms with van der Waals surface area (Å²) in [6.45, 7) is 9.38. The zero-order valence-corrected chi connectivity index (χ0v) is 9.75. The molecule has 0 aliphatic carbocycles. The first kappa shape index (κ1) is 12.0. The van der Waals surface area contributed by atoms with Crippen LogP contribution in [0.15, 0.2) is 0 Å². The summed E-state index contributed by atoms with van der Waals surface area (Å²) in [5.74, 6) is 0. The van der Waals surface area contributed by atoms with E-state index in [9.17, 15) is 10.2 Å². The van der Waals surface area contributed by atoms with Crippen LogP contribution in [0, 0.1) is 0 Å². The summed E-state index contributed by atoms with van der Waals surface area (Å²) < 4.78 is 0. The van der Waals surface area contributed by atoms with Gasteiger partial charge in [-0.15, -0.1) is 0 Å². The standard InChI is InChI=1S/C11H23NO2/c1-10(2)7-9(14)5-6-12(10)11(3,4)8-13/h9,13-14H,5-8H2,1-4H3. The molecule has 1 rings (SSSR count). The van der Waals surface area contributed by atoms with Gasteiger partial charge in [0.15, 0.2) is 0 Å². The molecule has 1 fully saturated rings. The molecule has 0 saturated carbocycles. The van der Waals surface area contributed by atoms with Crippen LogP contribution in [0.5, 0.6) is 0 Å². The minimum absolute atomic E-state index is 0.0239. The van der Waals surface area contributed by atoms with Gasteiger partial charge in [0.1, 0.15) is 0 Å². The zero-order chi connectivity index (χ0) is 11.0. The SMILES string of the molecule is CC(C)(CO)N1CCC(O)CC1(C)C. The molecule has 0 spiro atoms. The number of likely N-dealkylation sites (tertiary alicyclic amines) is 1. The van der Waals surface area contributed by atoms with Gasteiger partial charge in [0.05, 0.1) is 12.7 Å². The number of piperidine rings is 1. The average molecular weight is 201 g/mol. The van der Waals surface area contributed by atoms with Crippen LogP contribution < -0.4 is 0 Å². The van der Waals surface area contributed by atoms with Crippen molar-refractivity contribution in [3.05, 3.63) is 0 Å². The summed E-state index contributed by atoms with van der Waals surface area (Å²) in [5, 5.41) is 19.0. The molecule has 1 aliphatic rings. The normalized spacial score (nSPS) is 29.1. The maximum atomic E-state index is 9.61. The van der Waals surface area contributed by atoms with Gasteiger partial charge in [-0.05, 0) is 40.5 Å². The summed E-state index contributed by atoms with van der Waals surface area (Å²) in [4.78, 5) is 2.30. The third-order valence-corrected chi connectivity index (χ3v) is 3.27. The minimum atomic E-state index is -0.191. The van der Waals surface area contributed by atoms with Crippen LogP contribution in [0.3, 0.4) is 0 Å². The van der Waals surface area contributed by atoms with E-state index in [-0.39, 0.29) is 23.8 Å². The van der Waals surface area contributed by atoms with Gasteiger partial charge >= 0.3 is 0 Å². The predicted molar refractivity (Wildman–Crippen MR) is 57.2 cm³/mol. The number of rotatable bonds is 2. The highest BCUT2D eigenvalue weighted by Gasteiger charge is 2.41. The molecule has 3 heteroatoms. The first-order valence-corrected chi connectivity index (χ1v) is 5.36. The Hall–Kier alpha value is -0.120. The maximum absolute atomic E-state index is 9.61. The summed E-state index contributed by atoms with van der Waals surface area (Å²) in [6.07, 6.45) is 1.42. The third kappa shape index (κ3) is 2.27. The molecule has 0 bridgehead atoms. The second-order valence-electron chi connectivity index (χ2n) is 5.58. The molecule has 0 radical (unpaired) electrons. The van der Waals surface area contributed by atoms with Gasteiger partial charge in [-0.3, -0.25) is 4.90 Å². The fourth-order valence-electron chi connectivity index (χ4n) is 2.58. The zero-order valence-electron chi connectivity index (χ0n) is 9.75. The number of aliphatic hydroxyl groups is 2. The van der Waals surface area contributed by atoms with E-state index in [1.807, 2.05) is 13.8 Å². The van der Waals surface area contributed by atoms with Gasteiger partial charge in [-0.2, -0.15) is 0 Å². The van der Waals surface area contributed by atoms with Crippen LogP contribution in [0.2, 0.25) is 0 Å². The molecule has 1 heterocycles. The molecular formula is C11H23NO2. The Morgan fingerprint density at radius 1 is 1.43 bits per heavy atom. The summed E-state index contributed by atoms with van der Waals surface area (Å²) >= 11 is 0. The lowest BCUT2D eigenvalue weighted by molar-refractivity contribution is -0.0734. The minimum Gasteiger partial charge on any atom is -0.394 e. The summed E-state index contributed by atoms with van der Waals surface area (Å²) in [6, 6.07) is 0. The molecule has 84 valence electrons. The van der Waals surface area contributed by atoms with Crippen molar-refractivity contribution in [3.63, 3.8) is 0 Å². The fourth-order valence-corrected chi connectivity index (χ4v) is 2.58. The topological polar surface area (TPSA) is 43.7 Å². The van der Waals surface area contributed by atoms with Crippen LogP contribution in [-0.4, -0.2) is 45.4 Å². The van der Waals surface area contributed by atoms with Gasteiger partial charge in [0, 0.05) is 17.6 Å².